The molecule has 57 heavy (non-hydrogen) atoms. The minimum absolute atomic E-state index is 0.0641. The second-order valence-corrected chi connectivity index (χ2v) is 18.2. The van der Waals surface area contributed by atoms with Crippen LogP contribution in [0.15, 0.2) is 0 Å². The summed E-state index contributed by atoms with van der Waals surface area (Å²) in [6, 6.07) is 0. The fraction of sp³-hybridized carbons (Fsp3) is 0.941. The summed E-state index contributed by atoms with van der Waals surface area (Å²) in [5, 5.41) is 0. The molecule has 6 heteroatoms. The van der Waals surface area contributed by atoms with Gasteiger partial charge >= 0.3 is 17.9 Å². The van der Waals surface area contributed by atoms with Gasteiger partial charge in [-0.1, -0.05) is 240 Å². The van der Waals surface area contributed by atoms with Crippen molar-refractivity contribution < 1.29 is 28.6 Å². The Balaban J connectivity index is 4.30. The molecule has 0 bridgehead atoms. The first-order valence-corrected chi connectivity index (χ1v) is 25.3. The third-order valence-corrected chi connectivity index (χ3v) is 11.8. The molecule has 0 amide bonds. The van der Waals surface area contributed by atoms with E-state index in [-0.39, 0.29) is 31.1 Å². The third kappa shape index (κ3) is 43.8. The Hall–Kier alpha value is -1.59. The molecule has 0 aromatic rings. The van der Waals surface area contributed by atoms with Gasteiger partial charge in [0.1, 0.15) is 13.2 Å². The number of hydrogen-bond acceptors (Lipinski definition) is 6. The summed E-state index contributed by atoms with van der Waals surface area (Å²) in [6.45, 7) is 11.4. The van der Waals surface area contributed by atoms with Crippen molar-refractivity contribution in [2.75, 3.05) is 13.2 Å². The number of esters is 3. The molecule has 0 spiro atoms. The van der Waals surface area contributed by atoms with Gasteiger partial charge in [-0.2, -0.15) is 0 Å². The predicted molar refractivity (Wildman–Crippen MR) is 243 cm³/mol. The summed E-state index contributed by atoms with van der Waals surface area (Å²) in [4.78, 5) is 37.9. The van der Waals surface area contributed by atoms with E-state index in [1.165, 1.54) is 167 Å². The molecule has 0 N–H and O–H groups in total. The van der Waals surface area contributed by atoms with Crippen LogP contribution in [0.1, 0.15) is 279 Å². The number of carbonyl (C=O) groups excluding carboxylic acids is 3. The van der Waals surface area contributed by atoms with Gasteiger partial charge in [-0.05, 0) is 31.1 Å². The van der Waals surface area contributed by atoms with Crippen LogP contribution in [0, 0.1) is 11.8 Å². The zero-order valence-corrected chi connectivity index (χ0v) is 39.0. The lowest BCUT2D eigenvalue weighted by molar-refractivity contribution is -0.167. The average molecular weight is 807 g/mol. The van der Waals surface area contributed by atoms with Crippen LogP contribution in [0.25, 0.3) is 0 Å². The largest absolute Gasteiger partial charge is 0.462 e. The quantitative estimate of drug-likeness (QED) is 0.0346. The second kappa shape index (κ2) is 44.0. The Kier molecular flexibility index (Phi) is 42.7. The highest BCUT2D eigenvalue weighted by molar-refractivity contribution is 5.71. The topological polar surface area (TPSA) is 78.9 Å². The van der Waals surface area contributed by atoms with Crippen LogP contribution in [0.5, 0.6) is 0 Å². The summed E-state index contributed by atoms with van der Waals surface area (Å²) in [5.41, 5.74) is 0. The van der Waals surface area contributed by atoms with Crippen molar-refractivity contribution in [2.24, 2.45) is 11.8 Å². The van der Waals surface area contributed by atoms with Crippen molar-refractivity contribution in [3.8, 4) is 0 Å². The standard InChI is InChI=1S/C51H98O6/c1-6-8-9-10-11-12-16-21-28-33-38-43-51(54)57-48(45-56-50(53)42-37-32-27-23-22-25-30-35-40-47(5)7-2)44-55-49(52)41-36-31-26-20-18-15-13-14-17-19-24-29-34-39-46(3)4/h46-48H,6-45H2,1-5H3/t47?,48-/m1/s1. The lowest BCUT2D eigenvalue weighted by atomic mass is 9.99. The van der Waals surface area contributed by atoms with E-state index in [0.29, 0.717) is 19.3 Å². The minimum atomic E-state index is -0.761. The molecule has 0 fully saturated rings. The normalized spacial score (nSPS) is 12.5. The van der Waals surface area contributed by atoms with Gasteiger partial charge in [0.15, 0.2) is 6.10 Å². The Morgan fingerprint density at radius 3 is 1.00 bits per heavy atom. The molecule has 0 saturated heterocycles. The first kappa shape index (κ1) is 55.4. The summed E-state index contributed by atoms with van der Waals surface area (Å²) < 4.78 is 16.8. The SMILES string of the molecule is CCCCCCCCCCCCCC(=O)O[C@H](COC(=O)CCCCCCCCCCCCCCCC(C)C)COC(=O)CCCCCCCCCCC(C)CC. The van der Waals surface area contributed by atoms with E-state index in [4.69, 9.17) is 14.2 Å². The summed E-state index contributed by atoms with van der Waals surface area (Å²) in [7, 11) is 0. The van der Waals surface area contributed by atoms with Gasteiger partial charge in [-0.15, -0.1) is 0 Å². The monoisotopic (exact) mass is 807 g/mol. The van der Waals surface area contributed by atoms with Crippen LogP contribution >= 0.6 is 0 Å². The lowest BCUT2D eigenvalue weighted by Gasteiger charge is -2.18. The maximum atomic E-state index is 12.7. The van der Waals surface area contributed by atoms with Crippen molar-refractivity contribution in [1.82, 2.24) is 0 Å². The number of hydrogen-bond donors (Lipinski definition) is 0. The number of rotatable bonds is 45. The maximum absolute atomic E-state index is 12.7. The minimum Gasteiger partial charge on any atom is -0.462 e. The highest BCUT2D eigenvalue weighted by atomic mass is 16.6. The van der Waals surface area contributed by atoms with E-state index >= 15 is 0 Å². The van der Waals surface area contributed by atoms with Crippen molar-refractivity contribution >= 4 is 17.9 Å². The molecule has 0 aromatic carbocycles. The van der Waals surface area contributed by atoms with Crippen molar-refractivity contribution in [1.29, 1.82) is 0 Å². The zero-order valence-electron chi connectivity index (χ0n) is 39.0. The Labute approximate surface area is 355 Å². The van der Waals surface area contributed by atoms with Gasteiger partial charge in [0.05, 0.1) is 0 Å². The molecular formula is C51H98O6. The van der Waals surface area contributed by atoms with E-state index in [9.17, 15) is 14.4 Å². The third-order valence-electron chi connectivity index (χ3n) is 11.8. The molecule has 2 atom stereocenters. The van der Waals surface area contributed by atoms with E-state index < -0.39 is 6.10 Å². The molecular weight excluding hydrogens is 709 g/mol. The molecule has 0 rings (SSSR count). The van der Waals surface area contributed by atoms with E-state index in [1.54, 1.807) is 0 Å². The Morgan fingerprint density at radius 1 is 0.368 bits per heavy atom. The predicted octanol–water partition coefficient (Wildman–Crippen LogP) is 16.1. The number of ether oxygens (including phenoxy) is 3. The van der Waals surface area contributed by atoms with Gasteiger partial charge in [-0.3, -0.25) is 14.4 Å². The first-order valence-electron chi connectivity index (χ1n) is 25.3. The van der Waals surface area contributed by atoms with E-state index in [2.05, 4.69) is 34.6 Å². The summed E-state index contributed by atoms with van der Waals surface area (Å²) in [5.74, 6) is 0.836. The molecule has 1 unspecified atom stereocenters. The first-order chi connectivity index (χ1) is 27.8. The lowest BCUT2D eigenvalue weighted by Crippen LogP contribution is -2.30. The highest BCUT2D eigenvalue weighted by Crippen LogP contribution is 2.17. The Morgan fingerprint density at radius 2 is 0.667 bits per heavy atom. The molecule has 0 aliphatic rings. The fourth-order valence-corrected chi connectivity index (χ4v) is 7.60. The van der Waals surface area contributed by atoms with Gasteiger partial charge in [0.25, 0.3) is 0 Å². The molecule has 338 valence electrons. The smallest absolute Gasteiger partial charge is 0.306 e. The molecule has 0 heterocycles. The van der Waals surface area contributed by atoms with Gasteiger partial charge in [0, 0.05) is 19.3 Å². The van der Waals surface area contributed by atoms with Crippen LogP contribution in [-0.4, -0.2) is 37.2 Å². The van der Waals surface area contributed by atoms with Crippen LogP contribution in [-0.2, 0) is 28.6 Å². The summed E-state index contributed by atoms with van der Waals surface area (Å²) in [6.07, 6.45) is 43.7. The Bertz CT molecular complexity index is 872. The number of unbranched alkanes of at least 4 members (excludes halogenated alkanes) is 29. The second-order valence-electron chi connectivity index (χ2n) is 18.2. The highest BCUT2D eigenvalue weighted by Gasteiger charge is 2.19. The van der Waals surface area contributed by atoms with Crippen LogP contribution in [0.2, 0.25) is 0 Å². The molecule has 0 aliphatic carbocycles. The van der Waals surface area contributed by atoms with Crippen LogP contribution in [0.4, 0.5) is 0 Å². The van der Waals surface area contributed by atoms with E-state index in [1.807, 2.05) is 0 Å². The average Bonchev–Trinajstić information content (AvgIpc) is 3.19. The zero-order chi connectivity index (χ0) is 41.9. The maximum Gasteiger partial charge on any atom is 0.306 e. The molecule has 0 saturated carbocycles. The molecule has 6 nitrogen and oxygen atoms in total. The van der Waals surface area contributed by atoms with Crippen molar-refractivity contribution in [3.05, 3.63) is 0 Å². The molecule has 0 aliphatic heterocycles. The fourth-order valence-electron chi connectivity index (χ4n) is 7.60. The summed E-state index contributed by atoms with van der Waals surface area (Å²) >= 11 is 0. The van der Waals surface area contributed by atoms with Crippen LogP contribution < -0.4 is 0 Å². The van der Waals surface area contributed by atoms with Gasteiger partial charge in [0.2, 0.25) is 0 Å². The van der Waals surface area contributed by atoms with Gasteiger partial charge in [-0.25, -0.2) is 0 Å². The van der Waals surface area contributed by atoms with Crippen LogP contribution in [0.3, 0.4) is 0 Å². The molecule has 0 aromatic heterocycles. The van der Waals surface area contributed by atoms with E-state index in [0.717, 1.165) is 69.6 Å². The van der Waals surface area contributed by atoms with Crippen molar-refractivity contribution in [2.45, 2.75) is 285 Å². The van der Waals surface area contributed by atoms with Gasteiger partial charge < -0.3 is 14.2 Å². The number of carbonyl (C=O) groups is 3. The molecule has 0 radical (unpaired) electrons. The van der Waals surface area contributed by atoms with Crippen molar-refractivity contribution in [3.63, 3.8) is 0 Å².